The number of carbonyl (C=O) groups is 2. The van der Waals surface area contributed by atoms with E-state index in [1.54, 1.807) is 13.1 Å². The van der Waals surface area contributed by atoms with Gasteiger partial charge < -0.3 is 9.80 Å². The highest BCUT2D eigenvalue weighted by atomic mass is 32.2. The Kier molecular flexibility index (Phi) is 5.65. The van der Waals surface area contributed by atoms with Gasteiger partial charge in [0.05, 0.1) is 10.4 Å². The molecule has 1 aliphatic carbocycles. The second-order valence-corrected chi connectivity index (χ2v) is 8.33. The van der Waals surface area contributed by atoms with Crippen molar-refractivity contribution in [2.24, 2.45) is 0 Å². The second-order valence-electron chi connectivity index (χ2n) is 6.52. The van der Waals surface area contributed by atoms with E-state index in [0.717, 1.165) is 43.0 Å². The summed E-state index contributed by atoms with van der Waals surface area (Å²) in [6.07, 6.45) is 7.83. The summed E-state index contributed by atoms with van der Waals surface area (Å²) in [7, 11) is 0. The van der Waals surface area contributed by atoms with E-state index >= 15 is 0 Å². The summed E-state index contributed by atoms with van der Waals surface area (Å²) < 4.78 is 0.785. The molecule has 24 heavy (non-hydrogen) atoms. The number of nitrogens with zero attached hydrogens (tertiary/aromatic N) is 3. The van der Waals surface area contributed by atoms with Crippen molar-refractivity contribution >= 4 is 41.0 Å². The van der Waals surface area contributed by atoms with Gasteiger partial charge in [0.1, 0.15) is 0 Å². The van der Waals surface area contributed by atoms with Crippen LogP contribution in [0.3, 0.4) is 0 Å². The third-order valence-electron chi connectivity index (χ3n) is 4.96. The van der Waals surface area contributed by atoms with Crippen LogP contribution in [0.25, 0.3) is 0 Å². The summed E-state index contributed by atoms with van der Waals surface area (Å²) in [5.74, 6) is 0.120. The van der Waals surface area contributed by atoms with Crippen molar-refractivity contribution in [2.45, 2.75) is 61.7 Å². The minimum Gasteiger partial charge on any atom is -0.343 e. The number of urea groups is 1. The number of rotatable bonds is 3. The Morgan fingerprint density at radius 2 is 1.88 bits per heavy atom. The van der Waals surface area contributed by atoms with E-state index in [2.05, 4.69) is 22.9 Å². The minimum atomic E-state index is -0.0640. The highest BCUT2D eigenvalue weighted by Crippen LogP contribution is 2.30. The van der Waals surface area contributed by atoms with Gasteiger partial charge >= 0.3 is 6.03 Å². The number of anilines is 1. The first kappa shape index (κ1) is 17.5. The molecule has 0 unspecified atom stereocenters. The van der Waals surface area contributed by atoms with E-state index in [-0.39, 0.29) is 18.0 Å². The molecule has 3 rings (SSSR count). The molecule has 1 aliphatic heterocycles. The van der Waals surface area contributed by atoms with Crippen LogP contribution in [0.15, 0.2) is 10.4 Å². The molecule has 2 heterocycles. The summed E-state index contributed by atoms with van der Waals surface area (Å²) in [6, 6.07) is 0.430. The SMILES string of the molecule is CC(=O)N1CCC(N(C(=O)Nc2ncc(S)s2)C2CCCC2)CC1. The van der Waals surface area contributed by atoms with Gasteiger partial charge in [-0.05, 0) is 25.7 Å². The highest BCUT2D eigenvalue weighted by Gasteiger charge is 2.35. The van der Waals surface area contributed by atoms with Gasteiger partial charge in [-0.1, -0.05) is 24.2 Å². The fourth-order valence-electron chi connectivity index (χ4n) is 3.75. The lowest BCUT2D eigenvalue weighted by Gasteiger charge is -2.41. The molecule has 0 aromatic carbocycles. The Labute approximate surface area is 152 Å². The first-order chi connectivity index (χ1) is 11.5. The molecule has 2 aliphatic rings. The molecule has 1 saturated carbocycles. The molecular weight excluding hydrogens is 344 g/mol. The molecule has 1 aromatic heterocycles. The number of nitrogens with one attached hydrogen (secondary N) is 1. The Bertz CT molecular complexity index is 593. The van der Waals surface area contributed by atoms with E-state index < -0.39 is 0 Å². The third kappa shape index (κ3) is 4.03. The number of aromatic nitrogens is 1. The van der Waals surface area contributed by atoms with E-state index in [4.69, 9.17) is 0 Å². The Morgan fingerprint density at radius 3 is 2.42 bits per heavy atom. The van der Waals surface area contributed by atoms with Crippen molar-refractivity contribution in [3.05, 3.63) is 6.20 Å². The smallest absolute Gasteiger partial charge is 0.324 e. The maximum atomic E-state index is 12.9. The number of hydrogen-bond donors (Lipinski definition) is 2. The Morgan fingerprint density at radius 1 is 1.25 bits per heavy atom. The molecule has 0 spiro atoms. The average molecular weight is 369 g/mol. The minimum absolute atomic E-state index is 0.0640. The van der Waals surface area contributed by atoms with E-state index in [9.17, 15) is 9.59 Å². The van der Waals surface area contributed by atoms with E-state index in [1.165, 1.54) is 24.2 Å². The molecule has 0 radical (unpaired) electrons. The fourth-order valence-corrected chi connectivity index (χ4v) is 4.61. The highest BCUT2D eigenvalue weighted by molar-refractivity contribution is 7.83. The molecule has 0 atom stereocenters. The normalized spacial score (nSPS) is 19.5. The lowest BCUT2D eigenvalue weighted by molar-refractivity contribution is -0.130. The van der Waals surface area contributed by atoms with Crippen LogP contribution in [-0.2, 0) is 4.79 Å². The predicted molar refractivity (Wildman–Crippen MR) is 97.8 cm³/mol. The molecule has 2 fully saturated rings. The van der Waals surface area contributed by atoms with Crippen LogP contribution < -0.4 is 5.32 Å². The van der Waals surface area contributed by atoms with Crippen LogP contribution in [-0.4, -0.2) is 51.9 Å². The first-order valence-corrected chi connectivity index (χ1v) is 9.80. The van der Waals surface area contributed by atoms with Gasteiger partial charge in [0.15, 0.2) is 5.13 Å². The van der Waals surface area contributed by atoms with Crippen LogP contribution in [0.2, 0.25) is 0 Å². The molecule has 0 bridgehead atoms. The largest absolute Gasteiger partial charge is 0.343 e. The molecular formula is C16H24N4O2S2. The standard InChI is InChI=1S/C16H24N4O2S2/c1-11(21)19-8-6-13(7-9-19)20(12-4-2-3-5-12)16(22)18-15-17-10-14(23)24-15/h10,12-13,23H,2-9H2,1H3,(H,17,18,22). The second kappa shape index (κ2) is 7.74. The summed E-state index contributed by atoms with van der Waals surface area (Å²) >= 11 is 5.62. The molecule has 8 heteroatoms. The molecule has 132 valence electrons. The average Bonchev–Trinajstić information content (AvgIpc) is 3.20. The van der Waals surface area contributed by atoms with Crippen LogP contribution in [0.1, 0.15) is 45.4 Å². The maximum absolute atomic E-state index is 12.9. The zero-order valence-electron chi connectivity index (χ0n) is 13.9. The molecule has 1 N–H and O–H groups in total. The van der Waals surface area contributed by atoms with E-state index in [1.807, 2.05) is 9.80 Å². The van der Waals surface area contributed by atoms with Crippen molar-refractivity contribution in [1.29, 1.82) is 0 Å². The van der Waals surface area contributed by atoms with Gasteiger partial charge in [-0.2, -0.15) is 0 Å². The fraction of sp³-hybridized carbons (Fsp3) is 0.688. The van der Waals surface area contributed by atoms with Gasteiger partial charge in [-0.15, -0.1) is 12.6 Å². The maximum Gasteiger partial charge on any atom is 0.324 e. The van der Waals surface area contributed by atoms with Gasteiger partial charge in [0, 0.05) is 32.1 Å². The predicted octanol–water partition coefficient (Wildman–Crippen LogP) is 3.22. The van der Waals surface area contributed by atoms with Crippen molar-refractivity contribution in [1.82, 2.24) is 14.8 Å². The number of amides is 3. The number of thiol groups is 1. The topological polar surface area (TPSA) is 65.5 Å². The Hall–Kier alpha value is -1.28. The van der Waals surface area contributed by atoms with Crippen LogP contribution >= 0.6 is 24.0 Å². The Balaban J connectivity index is 1.69. The monoisotopic (exact) mass is 368 g/mol. The van der Waals surface area contributed by atoms with Crippen LogP contribution in [0.5, 0.6) is 0 Å². The molecule has 1 saturated heterocycles. The van der Waals surface area contributed by atoms with Crippen molar-refractivity contribution in [2.75, 3.05) is 18.4 Å². The molecule has 1 aromatic rings. The molecule has 3 amide bonds. The lowest BCUT2D eigenvalue weighted by atomic mass is 10.0. The van der Waals surface area contributed by atoms with Gasteiger partial charge in [0.25, 0.3) is 0 Å². The van der Waals surface area contributed by atoms with Crippen LogP contribution in [0, 0.1) is 0 Å². The number of piperidine rings is 1. The summed E-state index contributed by atoms with van der Waals surface area (Å²) in [5.41, 5.74) is 0. The summed E-state index contributed by atoms with van der Waals surface area (Å²) in [5, 5.41) is 3.53. The lowest BCUT2D eigenvalue weighted by Crippen LogP contribution is -2.53. The zero-order valence-corrected chi connectivity index (χ0v) is 15.6. The zero-order chi connectivity index (χ0) is 17.1. The summed E-state index contributed by atoms with van der Waals surface area (Å²) in [4.78, 5) is 32.5. The molecule has 6 nitrogen and oxygen atoms in total. The van der Waals surface area contributed by atoms with Crippen LogP contribution in [0.4, 0.5) is 9.93 Å². The third-order valence-corrected chi connectivity index (χ3v) is 6.07. The van der Waals surface area contributed by atoms with Crippen molar-refractivity contribution in [3.63, 3.8) is 0 Å². The van der Waals surface area contributed by atoms with E-state index in [0.29, 0.717) is 11.2 Å². The number of likely N-dealkylation sites (tertiary alicyclic amines) is 1. The van der Waals surface area contributed by atoms with Crippen molar-refractivity contribution < 1.29 is 9.59 Å². The van der Waals surface area contributed by atoms with Crippen molar-refractivity contribution in [3.8, 4) is 0 Å². The quantitative estimate of drug-likeness (QED) is 0.805. The van der Waals surface area contributed by atoms with Gasteiger partial charge in [-0.25, -0.2) is 9.78 Å². The number of carbonyl (C=O) groups excluding carboxylic acids is 2. The number of hydrogen-bond acceptors (Lipinski definition) is 5. The summed E-state index contributed by atoms with van der Waals surface area (Å²) in [6.45, 7) is 3.07. The van der Waals surface area contributed by atoms with Gasteiger partial charge in [0.2, 0.25) is 5.91 Å². The van der Waals surface area contributed by atoms with Gasteiger partial charge in [-0.3, -0.25) is 10.1 Å². The number of thiazole rings is 1. The first-order valence-electron chi connectivity index (χ1n) is 8.54.